The SMILES string of the molecule is O=[C-]C(Cl)(Cl)Cl.[S]=[Mo]=[S]. The molecule has 0 aromatic rings. The fraction of sp³-hybridized carbons (Fsp3) is 0.500. The van der Waals surface area contributed by atoms with E-state index in [1.54, 1.807) is 0 Å². The van der Waals surface area contributed by atoms with Crippen molar-refractivity contribution in [1.29, 1.82) is 0 Å². The topological polar surface area (TPSA) is 17.1 Å². The van der Waals surface area contributed by atoms with Gasteiger partial charge in [-0.15, -0.1) is 34.8 Å². The van der Waals surface area contributed by atoms with Crippen molar-refractivity contribution in [2.24, 2.45) is 0 Å². The molecule has 0 aliphatic rings. The van der Waals surface area contributed by atoms with Crippen molar-refractivity contribution in [2.75, 3.05) is 0 Å². The van der Waals surface area contributed by atoms with Crippen molar-refractivity contribution in [3.63, 3.8) is 0 Å². The maximum absolute atomic E-state index is 9.31. The Morgan fingerprint density at radius 2 is 1.44 bits per heavy atom. The van der Waals surface area contributed by atoms with Crippen LogP contribution in [0.4, 0.5) is 0 Å². The molecule has 7 heteroatoms. The van der Waals surface area contributed by atoms with Crippen LogP contribution in [0.25, 0.3) is 0 Å². The predicted molar refractivity (Wildman–Crippen MR) is 41.2 cm³/mol. The van der Waals surface area contributed by atoms with E-state index in [0.717, 1.165) is 6.29 Å². The van der Waals surface area contributed by atoms with Gasteiger partial charge in [0, 0.05) is 0 Å². The number of alkyl halides is 3. The van der Waals surface area contributed by atoms with E-state index in [4.69, 9.17) is 34.8 Å². The van der Waals surface area contributed by atoms with E-state index in [-0.39, 0.29) is 14.9 Å². The van der Waals surface area contributed by atoms with Crippen LogP contribution in [0.1, 0.15) is 0 Å². The van der Waals surface area contributed by atoms with Crippen molar-refractivity contribution in [2.45, 2.75) is 3.79 Å². The number of rotatable bonds is 0. The third-order valence-corrected chi connectivity index (χ3v) is 0.347. The fourth-order valence-corrected chi connectivity index (χ4v) is 0. The molecule has 0 saturated heterocycles. The van der Waals surface area contributed by atoms with Gasteiger partial charge in [-0.25, -0.2) is 6.29 Å². The second-order valence-corrected chi connectivity index (χ2v) is 6.50. The fourth-order valence-electron chi connectivity index (χ4n) is 0. The first kappa shape index (κ1) is 13.3. The third kappa shape index (κ3) is 26.1. The maximum atomic E-state index is 9.31. The van der Waals surface area contributed by atoms with Crippen LogP contribution in [0.15, 0.2) is 0 Å². The van der Waals surface area contributed by atoms with E-state index >= 15 is 0 Å². The minimum atomic E-state index is -1.85. The van der Waals surface area contributed by atoms with Crippen molar-refractivity contribution in [3.05, 3.63) is 0 Å². The summed E-state index contributed by atoms with van der Waals surface area (Å²) in [7, 11) is 8.68. The summed E-state index contributed by atoms with van der Waals surface area (Å²) in [6.45, 7) is 0. The number of halogens is 3. The van der Waals surface area contributed by atoms with Gasteiger partial charge in [-0.2, -0.15) is 0 Å². The Kier molecular flexibility index (Phi) is 11.5. The molecule has 9 heavy (non-hydrogen) atoms. The van der Waals surface area contributed by atoms with Gasteiger partial charge >= 0.3 is 34.6 Å². The molecule has 54 valence electrons. The second kappa shape index (κ2) is 7.77. The van der Waals surface area contributed by atoms with Gasteiger partial charge in [0.1, 0.15) is 0 Å². The quantitative estimate of drug-likeness (QED) is 0.389. The van der Waals surface area contributed by atoms with E-state index in [1.165, 1.54) is 0 Å². The molecule has 0 fully saturated rings. The Labute approximate surface area is 83.5 Å². The molecular weight excluding hydrogens is 306 g/mol. The van der Waals surface area contributed by atoms with E-state index in [1.807, 2.05) is 0 Å². The van der Waals surface area contributed by atoms with Gasteiger partial charge in [-0.05, 0) is 0 Å². The molecule has 0 aliphatic carbocycles. The molecule has 0 aromatic carbocycles. The van der Waals surface area contributed by atoms with Gasteiger partial charge in [-0.3, -0.25) is 0 Å². The van der Waals surface area contributed by atoms with Crippen LogP contribution in [0.3, 0.4) is 0 Å². The Morgan fingerprint density at radius 3 is 1.44 bits per heavy atom. The van der Waals surface area contributed by atoms with E-state index in [0.29, 0.717) is 0 Å². The Morgan fingerprint density at radius 1 is 1.33 bits per heavy atom. The minimum absolute atomic E-state index is 0.363. The number of hydrogen-bond acceptors (Lipinski definition) is 3. The molecule has 0 amide bonds. The first-order valence-corrected chi connectivity index (χ1v) is 8.07. The number of carbonyl (C=O) groups excluding carboxylic acids is 1. The molecule has 0 aliphatic heterocycles. The Balaban J connectivity index is 0. The van der Waals surface area contributed by atoms with E-state index in [2.05, 4.69) is 19.6 Å². The van der Waals surface area contributed by atoms with Crippen LogP contribution in [0.2, 0.25) is 0 Å². The molecule has 0 rings (SSSR count). The molecule has 0 saturated carbocycles. The van der Waals surface area contributed by atoms with Gasteiger partial charge in [0.15, 0.2) is 0 Å². The van der Waals surface area contributed by atoms with Crippen LogP contribution in [-0.2, 0) is 19.7 Å². The molecule has 0 aromatic heterocycles. The summed E-state index contributed by atoms with van der Waals surface area (Å²) >= 11 is 14.1. The van der Waals surface area contributed by atoms with E-state index < -0.39 is 3.79 Å². The van der Waals surface area contributed by atoms with Crippen molar-refractivity contribution in [3.8, 4) is 0 Å². The molecule has 0 bridgehead atoms. The molecule has 0 N–H and O–H groups in total. The average Bonchev–Trinajstić information content (AvgIpc) is 1.67. The van der Waals surface area contributed by atoms with Gasteiger partial charge < -0.3 is 4.79 Å². The van der Waals surface area contributed by atoms with Gasteiger partial charge in [-0.1, -0.05) is 0 Å². The summed E-state index contributed by atoms with van der Waals surface area (Å²) in [5.41, 5.74) is 0. The zero-order chi connectivity index (χ0) is 7.91. The first-order valence-electron chi connectivity index (χ1n) is 1.35. The first-order chi connectivity index (χ1) is 3.97. The molecule has 1 nitrogen and oxygen atoms in total. The summed E-state index contributed by atoms with van der Waals surface area (Å²) in [5.74, 6) is 0. The Hall–Kier alpha value is 1.67. The number of hydrogen-bond donors (Lipinski definition) is 0. The average molecular weight is 306 g/mol. The third-order valence-electron chi connectivity index (χ3n) is 0.116. The monoisotopic (exact) mass is 307 g/mol. The van der Waals surface area contributed by atoms with Crippen LogP contribution >= 0.6 is 54.4 Å². The van der Waals surface area contributed by atoms with Crippen LogP contribution in [0, 0.1) is 0 Å². The Bertz CT molecular complexity index is 115. The summed E-state index contributed by atoms with van der Waals surface area (Å²) < 4.78 is -1.85. The summed E-state index contributed by atoms with van der Waals surface area (Å²) in [4.78, 5) is 9.31. The molecule has 0 heterocycles. The van der Waals surface area contributed by atoms with Crippen molar-refractivity contribution in [1.82, 2.24) is 0 Å². The summed E-state index contributed by atoms with van der Waals surface area (Å²) in [5, 5.41) is 0. The van der Waals surface area contributed by atoms with Crippen molar-refractivity contribution >= 4 is 60.7 Å². The normalized spacial score (nSPS) is 8.78. The molecule has 0 atom stereocenters. The van der Waals surface area contributed by atoms with Crippen LogP contribution in [0.5, 0.6) is 0 Å². The zero-order valence-corrected chi connectivity index (χ0v) is 9.67. The van der Waals surface area contributed by atoms with Gasteiger partial charge in [0.2, 0.25) is 0 Å². The van der Waals surface area contributed by atoms with Crippen LogP contribution < -0.4 is 0 Å². The van der Waals surface area contributed by atoms with Gasteiger partial charge in [0.05, 0.1) is 3.79 Å². The molecule has 0 radical (unpaired) electrons. The molecular formula is C2Cl3MoOS2-. The molecule has 0 unspecified atom stereocenters. The predicted octanol–water partition coefficient (Wildman–Crippen LogP) is 2.76. The van der Waals surface area contributed by atoms with E-state index in [9.17, 15) is 4.79 Å². The zero-order valence-electron chi connectivity index (χ0n) is 3.77. The summed E-state index contributed by atoms with van der Waals surface area (Å²) in [6.07, 6.45) is 1.15. The standard InChI is InChI=1S/C2Cl3O.Mo.2S/c3-2(4,5)1-6;;;/q-1;;;. The van der Waals surface area contributed by atoms with Crippen molar-refractivity contribution < 1.29 is 19.7 Å². The summed E-state index contributed by atoms with van der Waals surface area (Å²) in [6, 6.07) is 0. The van der Waals surface area contributed by atoms with Gasteiger partial charge in [0.25, 0.3) is 0 Å². The van der Waals surface area contributed by atoms with Crippen LogP contribution in [-0.4, -0.2) is 10.1 Å². The second-order valence-electron chi connectivity index (χ2n) is 0.668. The molecule has 0 spiro atoms.